The predicted molar refractivity (Wildman–Crippen MR) is 68.8 cm³/mol. The molecule has 0 aliphatic rings. The van der Waals surface area contributed by atoms with Gasteiger partial charge in [0, 0.05) is 23.9 Å². The van der Waals surface area contributed by atoms with Crippen molar-refractivity contribution in [3.63, 3.8) is 0 Å². The highest BCUT2D eigenvalue weighted by Gasteiger charge is 2.09. The van der Waals surface area contributed by atoms with Gasteiger partial charge in [-0.1, -0.05) is 0 Å². The van der Waals surface area contributed by atoms with Gasteiger partial charge in [-0.25, -0.2) is 13.8 Å². The Morgan fingerprint density at radius 2 is 1.89 bits per heavy atom. The van der Waals surface area contributed by atoms with Crippen LogP contribution < -0.4 is 5.32 Å². The molecule has 2 aromatic rings. The van der Waals surface area contributed by atoms with Crippen LogP contribution in [0.5, 0.6) is 0 Å². The second-order valence-electron chi connectivity index (χ2n) is 4.10. The van der Waals surface area contributed by atoms with E-state index in [0.29, 0.717) is 12.0 Å². The molecule has 1 heterocycles. The molecule has 1 aromatic heterocycles. The lowest BCUT2D eigenvalue weighted by atomic mass is 10.1. The Hall–Kier alpha value is -1.33. The van der Waals surface area contributed by atoms with Gasteiger partial charge in [-0.15, -0.1) is 11.3 Å². The van der Waals surface area contributed by atoms with Crippen LogP contribution in [0.1, 0.15) is 21.1 Å². The van der Waals surface area contributed by atoms with E-state index in [-0.39, 0.29) is 0 Å². The van der Waals surface area contributed by atoms with E-state index < -0.39 is 11.6 Å². The van der Waals surface area contributed by atoms with Crippen molar-refractivity contribution in [1.82, 2.24) is 10.3 Å². The maximum absolute atomic E-state index is 13.1. The van der Waals surface area contributed by atoms with Gasteiger partial charge in [0.05, 0.1) is 10.7 Å². The highest BCUT2D eigenvalue weighted by molar-refractivity contribution is 7.11. The van der Waals surface area contributed by atoms with Gasteiger partial charge in [-0.05, 0) is 31.7 Å². The van der Waals surface area contributed by atoms with Crippen LogP contribution >= 0.6 is 11.3 Å². The largest absolute Gasteiger partial charge is 0.315 e. The van der Waals surface area contributed by atoms with E-state index in [1.54, 1.807) is 11.3 Å². The number of aryl methyl sites for hydroxylation is 1. The average Bonchev–Trinajstić information content (AvgIpc) is 2.58. The molecule has 18 heavy (non-hydrogen) atoms. The summed E-state index contributed by atoms with van der Waals surface area (Å²) in [5, 5.41) is 3.95. The number of aromatic nitrogens is 1. The second kappa shape index (κ2) is 5.54. The molecule has 0 amide bonds. The van der Waals surface area contributed by atoms with Gasteiger partial charge >= 0.3 is 0 Å². The SMILES string of the molecule is CNCc1sc(Cc2cc(F)cc(F)c2)nc1C. The van der Waals surface area contributed by atoms with E-state index in [1.165, 1.54) is 12.1 Å². The molecular weight excluding hydrogens is 254 g/mol. The molecule has 0 atom stereocenters. The maximum Gasteiger partial charge on any atom is 0.126 e. The molecule has 0 aliphatic heterocycles. The maximum atomic E-state index is 13.1. The molecular formula is C13H14F2N2S. The van der Waals surface area contributed by atoms with E-state index in [0.717, 1.165) is 28.2 Å². The van der Waals surface area contributed by atoms with E-state index >= 15 is 0 Å². The van der Waals surface area contributed by atoms with Crippen LogP contribution in [0.3, 0.4) is 0 Å². The molecule has 0 saturated carbocycles. The van der Waals surface area contributed by atoms with E-state index in [1.807, 2.05) is 14.0 Å². The summed E-state index contributed by atoms with van der Waals surface area (Å²) in [6, 6.07) is 3.57. The van der Waals surface area contributed by atoms with Crippen LogP contribution in [0.4, 0.5) is 8.78 Å². The Labute approximate surface area is 109 Å². The molecule has 2 nitrogen and oxygen atoms in total. The van der Waals surface area contributed by atoms with Crippen molar-refractivity contribution in [3.8, 4) is 0 Å². The molecule has 1 N–H and O–H groups in total. The number of hydrogen-bond donors (Lipinski definition) is 1. The number of thiazole rings is 1. The van der Waals surface area contributed by atoms with Gasteiger partial charge in [0.2, 0.25) is 0 Å². The van der Waals surface area contributed by atoms with Crippen LogP contribution in [-0.4, -0.2) is 12.0 Å². The van der Waals surface area contributed by atoms with Crippen molar-refractivity contribution in [2.75, 3.05) is 7.05 Å². The lowest BCUT2D eigenvalue weighted by Gasteiger charge is -1.99. The summed E-state index contributed by atoms with van der Waals surface area (Å²) in [6.07, 6.45) is 0.462. The normalized spacial score (nSPS) is 10.9. The van der Waals surface area contributed by atoms with Gasteiger partial charge in [-0.3, -0.25) is 0 Å². The molecule has 0 unspecified atom stereocenters. The van der Waals surface area contributed by atoms with Crippen LogP contribution in [-0.2, 0) is 13.0 Å². The lowest BCUT2D eigenvalue weighted by molar-refractivity contribution is 0.580. The van der Waals surface area contributed by atoms with Crippen molar-refractivity contribution in [3.05, 3.63) is 51.0 Å². The smallest absolute Gasteiger partial charge is 0.126 e. The zero-order valence-electron chi connectivity index (χ0n) is 10.3. The third-order valence-corrected chi connectivity index (χ3v) is 3.71. The Morgan fingerprint density at radius 1 is 1.22 bits per heavy atom. The highest BCUT2D eigenvalue weighted by atomic mass is 32.1. The standard InChI is InChI=1S/C13H14F2N2S/c1-8-12(7-16-2)18-13(17-8)5-9-3-10(14)6-11(15)4-9/h3-4,6,16H,5,7H2,1-2H3. The Kier molecular flexibility index (Phi) is 4.04. The van der Waals surface area contributed by atoms with Gasteiger partial charge in [0.25, 0.3) is 0 Å². The molecule has 0 spiro atoms. The first-order valence-electron chi connectivity index (χ1n) is 5.63. The predicted octanol–water partition coefficient (Wildman–Crippen LogP) is 3.04. The molecule has 2 rings (SSSR count). The number of rotatable bonds is 4. The Balaban J connectivity index is 2.20. The third-order valence-electron chi connectivity index (χ3n) is 2.55. The van der Waals surface area contributed by atoms with E-state index in [4.69, 9.17) is 0 Å². The molecule has 0 fully saturated rings. The third kappa shape index (κ3) is 3.11. The first-order valence-corrected chi connectivity index (χ1v) is 6.45. The van der Waals surface area contributed by atoms with Gasteiger partial charge < -0.3 is 5.32 Å². The van der Waals surface area contributed by atoms with Gasteiger partial charge in [-0.2, -0.15) is 0 Å². The number of halogens is 2. The van der Waals surface area contributed by atoms with Crippen LogP contribution in [0.25, 0.3) is 0 Å². The molecule has 0 radical (unpaired) electrons. The highest BCUT2D eigenvalue weighted by Crippen LogP contribution is 2.21. The quantitative estimate of drug-likeness (QED) is 0.922. The summed E-state index contributed by atoms with van der Waals surface area (Å²) in [7, 11) is 1.88. The second-order valence-corrected chi connectivity index (χ2v) is 5.27. The summed E-state index contributed by atoms with van der Waals surface area (Å²) in [5.74, 6) is -1.09. The van der Waals surface area contributed by atoms with Crippen molar-refractivity contribution in [2.45, 2.75) is 19.9 Å². The minimum atomic E-state index is -0.547. The van der Waals surface area contributed by atoms with Crippen molar-refractivity contribution >= 4 is 11.3 Å². The number of hydrogen-bond acceptors (Lipinski definition) is 3. The lowest BCUT2D eigenvalue weighted by Crippen LogP contribution is -2.04. The summed E-state index contributed by atoms with van der Waals surface area (Å²) in [6.45, 7) is 2.71. The molecule has 0 aliphatic carbocycles. The van der Waals surface area contributed by atoms with Crippen LogP contribution in [0.2, 0.25) is 0 Å². The first kappa shape index (κ1) is 13.1. The van der Waals surface area contributed by atoms with Crippen LogP contribution in [0.15, 0.2) is 18.2 Å². The summed E-state index contributed by atoms with van der Waals surface area (Å²) in [4.78, 5) is 5.57. The number of benzene rings is 1. The van der Waals surface area contributed by atoms with Gasteiger partial charge in [0.1, 0.15) is 11.6 Å². The summed E-state index contributed by atoms with van der Waals surface area (Å²) in [5.41, 5.74) is 1.58. The zero-order valence-corrected chi connectivity index (χ0v) is 11.1. The van der Waals surface area contributed by atoms with E-state index in [2.05, 4.69) is 10.3 Å². The number of nitrogens with zero attached hydrogens (tertiary/aromatic N) is 1. The zero-order chi connectivity index (χ0) is 13.1. The average molecular weight is 268 g/mol. The first-order chi connectivity index (χ1) is 8.58. The summed E-state index contributed by atoms with van der Waals surface area (Å²) >= 11 is 1.57. The minimum Gasteiger partial charge on any atom is -0.315 e. The topological polar surface area (TPSA) is 24.9 Å². The summed E-state index contributed by atoms with van der Waals surface area (Å²) < 4.78 is 26.1. The van der Waals surface area contributed by atoms with Crippen molar-refractivity contribution < 1.29 is 8.78 Å². The van der Waals surface area contributed by atoms with Crippen LogP contribution in [0, 0.1) is 18.6 Å². The molecule has 0 bridgehead atoms. The molecule has 0 saturated heterocycles. The Bertz CT molecular complexity index is 532. The minimum absolute atomic E-state index is 0.462. The van der Waals surface area contributed by atoms with E-state index in [9.17, 15) is 8.78 Å². The fourth-order valence-electron chi connectivity index (χ4n) is 1.78. The van der Waals surface area contributed by atoms with Gasteiger partial charge in [0.15, 0.2) is 0 Å². The Morgan fingerprint density at radius 3 is 2.50 bits per heavy atom. The number of nitrogens with one attached hydrogen (secondary N) is 1. The van der Waals surface area contributed by atoms with Crippen molar-refractivity contribution in [1.29, 1.82) is 0 Å². The monoisotopic (exact) mass is 268 g/mol. The fraction of sp³-hybridized carbons (Fsp3) is 0.308. The molecule has 96 valence electrons. The molecule has 1 aromatic carbocycles. The fourth-order valence-corrected chi connectivity index (χ4v) is 2.89. The molecule has 5 heteroatoms. The van der Waals surface area contributed by atoms with Crippen molar-refractivity contribution in [2.24, 2.45) is 0 Å².